The maximum absolute atomic E-state index is 13.5. The third-order valence-corrected chi connectivity index (χ3v) is 2.84. The molecule has 0 aromatic heterocycles. The van der Waals surface area contributed by atoms with Gasteiger partial charge in [-0.1, -0.05) is 30.3 Å². The predicted octanol–water partition coefficient (Wildman–Crippen LogP) is 4.17. The third kappa shape index (κ3) is 4.21. The van der Waals surface area contributed by atoms with Crippen LogP contribution in [0.4, 0.5) is 28.0 Å². The smallest absolute Gasteiger partial charge is 0.334 e. The molecule has 0 atom stereocenters. The van der Waals surface area contributed by atoms with Crippen molar-refractivity contribution in [2.24, 2.45) is 0 Å². The van der Waals surface area contributed by atoms with Crippen molar-refractivity contribution < 1.29 is 22.4 Å². The molecule has 2 aromatic rings. The first-order valence-corrected chi connectivity index (χ1v) is 6.32. The van der Waals surface area contributed by atoms with Crippen molar-refractivity contribution >= 4 is 11.7 Å². The second kappa shape index (κ2) is 6.46. The summed E-state index contributed by atoms with van der Waals surface area (Å²) in [4.78, 5) is 11.6. The molecule has 22 heavy (non-hydrogen) atoms. The first-order valence-electron chi connectivity index (χ1n) is 6.32. The highest BCUT2D eigenvalue weighted by molar-refractivity contribution is 5.89. The summed E-state index contributed by atoms with van der Waals surface area (Å²) in [6.07, 6.45) is -4.61. The van der Waals surface area contributed by atoms with Crippen LogP contribution >= 0.6 is 0 Å². The van der Waals surface area contributed by atoms with E-state index in [0.717, 1.165) is 5.56 Å². The summed E-state index contributed by atoms with van der Waals surface area (Å²) >= 11 is 0. The Bertz CT molecular complexity index is 656. The highest BCUT2D eigenvalue weighted by Gasteiger charge is 2.31. The molecule has 0 heterocycles. The summed E-state index contributed by atoms with van der Waals surface area (Å²) in [7, 11) is 0. The Kier molecular flexibility index (Phi) is 4.65. The van der Waals surface area contributed by atoms with Gasteiger partial charge in [-0.05, 0) is 23.8 Å². The van der Waals surface area contributed by atoms with Gasteiger partial charge in [0.15, 0.2) is 0 Å². The molecular weight excluding hydrogens is 300 g/mol. The molecule has 0 aliphatic carbocycles. The first kappa shape index (κ1) is 15.8. The van der Waals surface area contributed by atoms with Gasteiger partial charge in [0.25, 0.3) is 0 Å². The molecule has 0 saturated carbocycles. The highest BCUT2D eigenvalue weighted by atomic mass is 19.4. The molecule has 116 valence electrons. The van der Waals surface area contributed by atoms with Crippen LogP contribution in [0.5, 0.6) is 0 Å². The number of hydrogen-bond donors (Lipinski definition) is 2. The summed E-state index contributed by atoms with van der Waals surface area (Å²) in [5.74, 6) is -0.942. The summed E-state index contributed by atoms with van der Waals surface area (Å²) in [5, 5.41) is 4.50. The van der Waals surface area contributed by atoms with E-state index >= 15 is 0 Å². The minimum atomic E-state index is -4.61. The van der Waals surface area contributed by atoms with E-state index in [-0.39, 0.29) is 6.54 Å². The molecule has 0 aliphatic heterocycles. The molecule has 3 nitrogen and oxygen atoms in total. The number of urea groups is 1. The van der Waals surface area contributed by atoms with Gasteiger partial charge in [-0.15, -0.1) is 0 Å². The van der Waals surface area contributed by atoms with Gasteiger partial charge in [0.2, 0.25) is 0 Å². The van der Waals surface area contributed by atoms with Crippen molar-refractivity contribution in [3.8, 4) is 0 Å². The average Bonchev–Trinajstić information content (AvgIpc) is 2.47. The number of nitrogens with one attached hydrogen (secondary N) is 2. The maximum atomic E-state index is 13.5. The fourth-order valence-corrected chi connectivity index (χ4v) is 1.74. The zero-order chi connectivity index (χ0) is 16.2. The minimum absolute atomic E-state index is 0.174. The van der Waals surface area contributed by atoms with Gasteiger partial charge in [0.1, 0.15) is 5.82 Å². The number of hydrogen-bond acceptors (Lipinski definition) is 1. The van der Waals surface area contributed by atoms with E-state index < -0.39 is 29.3 Å². The van der Waals surface area contributed by atoms with Gasteiger partial charge in [-0.3, -0.25) is 0 Å². The molecule has 0 radical (unpaired) electrons. The van der Waals surface area contributed by atoms with Gasteiger partial charge in [-0.2, -0.15) is 13.2 Å². The summed E-state index contributed by atoms with van der Waals surface area (Å²) in [6.45, 7) is 0.174. The number of halogens is 4. The Morgan fingerprint density at radius 1 is 1.05 bits per heavy atom. The summed E-state index contributed by atoms with van der Waals surface area (Å²) in [6, 6.07) is 9.94. The molecule has 2 aromatic carbocycles. The van der Waals surface area contributed by atoms with E-state index in [1.807, 2.05) is 6.07 Å². The van der Waals surface area contributed by atoms with Crippen LogP contribution in [-0.4, -0.2) is 6.03 Å². The zero-order valence-electron chi connectivity index (χ0n) is 11.2. The van der Waals surface area contributed by atoms with Gasteiger partial charge < -0.3 is 10.6 Å². The van der Waals surface area contributed by atoms with E-state index in [1.165, 1.54) is 0 Å². The first-order chi connectivity index (χ1) is 10.4. The van der Waals surface area contributed by atoms with Crippen LogP contribution in [-0.2, 0) is 12.7 Å². The van der Waals surface area contributed by atoms with Gasteiger partial charge in [-0.25, -0.2) is 9.18 Å². The molecule has 0 saturated heterocycles. The van der Waals surface area contributed by atoms with Crippen molar-refractivity contribution in [3.63, 3.8) is 0 Å². The molecule has 2 rings (SSSR count). The number of rotatable bonds is 3. The molecule has 0 fully saturated rings. The topological polar surface area (TPSA) is 41.1 Å². The SMILES string of the molecule is O=C(NCc1ccccc1)Nc1cc(C(F)(F)F)ccc1F. The van der Waals surface area contributed by atoms with Crippen molar-refractivity contribution in [1.82, 2.24) is 5.32 Å². The van der Waals surface area contributed by atoms with Crippen LogP contribution < -0.4 is 10.6 Å². The Labute approximate surface area is 124 Å². The molecule has 7 heteroatoms. The number of carbonyl (C=O) groups excluding carboxylic acids is 1. The second-order valence-corrected chi connectivity index (χ2v) is 4.49. The van der Waals surface area contributed by atoms with Gasteiger partial charge >= 0.3 is 12.2 Å². The van der Waals surface area contributed by atoms with Crippen molar-refractivity contribution in [3.05, 3.63) is 65.5 Å². The molecule has 2 amide bonds. The fraction of sp³-hybridized carbons (Fsp3) is 0.133. The normalized spacial score (nSPS) is 11.1. The minimum Gasteiger partial charge on any atom is -0.334 e. The van der Waals surface area contributed by atoms with E-state index in [4.69, 9.17) is 0 Å². The van der Waals surface area contributed by atoms with Crippen LogP contribution in [0.1, 0.15) is 11.1 Å². The summed E-state index contributed by atoms with van der Waals surface area (Å²) in [5.41, 5.74) is -0.755. The molecule has 0 spiro atoms. The van der Waals surface area contributed by atoms with Crippen LogP contribution in [0.15, 0.2) is 48.5 Å². The molecular formula is C15H12F4N2O. The molecule has 0 unspecified atom stereocenters. The molecule has 2 N–H and O–H groups in total. The highest BCUT2D eigenvalue weighted by Crippen LogP contribution is 2.31. The number of carbonyl (C=O) groups is 1. The Morgan fingerprint density at radius 2 is 1.73 bits per heavy atom. The van der Waals surface area contributed by atoms with E-state index in [2.05, 4.69) is 10.6 Å². The lowest BCUT2D eigenvalue weighted by Gasteiger charge is -2.11. The van der Waals surface area contributed by atoms with E-state index in [0.29, 0.717) is 18.2 Å². The second-order valence-electron chi connectivity index (χ2n) is 4.49. The number of amides is 2. The van der Waals surface area contributed by atoms with Crippen LogP contribution in [0.3, 0.4) is 0 Å². The largest absolute Gasteiger partial charge is 0.416 e. The Hall–Kier alpha value is -2.57. The van der Waals surface area contributed by atoms with Crippen LogP contribution in [0, 0.1) is 5.82 Å². The molecule has 0 bridgehead atoms. The number of alkyl halides is 3. The van der Waals surface area contributed by atoms with E-state index in [9.17, 15) is 22.4 Å². The maximum Gasteiger partial charge on any atom is 0.416 e. The Balaban J connectivity index is 2.02. The standard InChI is InChI=1S/C15H12F4N2O/c16-12-7-6-11(15(17,18)19)8-13(12)21-14(22)20-9-10-4-2-1-3-5-10/h1-8H,9H2,(H2,20,21,22). The van der Waals surface area contributed by atoms with Crippen LogP contribution in [0.2, 0.25) is 0 Å². The van der Waals surface area contributed by atoms with Crippen molar-refractivity contribution in [2.75, 3.05) is 5.32 Å². The predicted molar refractivity (Wildman–Crippen MR) is 73.7 cm³/mol. The number of anilines is 1. The van der Waals surface area contributed by atoms with Crippen molar-refractivity contribution in [1.29, 1.82) is 0 Å². The third-order valence-electron chi connectivity index (χ3n) is 2.84. The monoisotopic (exact) mass is 312 g/mol. The van der Waals surface area contributed by atoms with Gasteiger partial charge in [0, 0.05) is 6.54 Å². The Morgan fingerprint density at radius 3 is 2.36 bits per heavy atom. The van der Waals surface area contributed by atoms with Gasteiger partial charge in [0.05, 0.1) is 11.3 Å². The lowest BCUT2D eigenvalue weighted by atomic mass is 10.2. The molecule has 0 aliphatic rings. The summed E-state index contributed by atoms with van der Waals surface area (Å²) < 4.78 is 51.1. The van der Waals surface area contributed by atoms with Crippen LogP contribution in [0.25, 0.3) is 0 Å². The van der Waals surface area contributed by atoms with Crippen molar-refractivity contribution in [2.45, 2.75) is 12.7 Å². The lowest BCUT2D eigenvalue weighted by Crippen LogP contribution is -2.28. The fourth-order valence-electron chi connectivity index (χ4n) is 1.74. The zero-order valence-corrected chi connectivity index (χ0v) is 11.2. The lowest BCUT2D eigenvalue weighted by molar-refractivity contribution is -0.137. The number of benzene rings is 2. The van der Waals surface area contributed by atoms with E-state index in [1.54, 1.807) is 24.3 Å². The quantitative estimate of drug-likeness (QED) is 0.821. The average molecular weight is 312 g/mol.